The minimum absolute atomic E-state index is 0.105. The summed E-state index contributed by atoms with van der Waals surface area (Å²) in [4.78, 5) is 0. The topological polar surface area (TPSA) is 56.8 Å². The molecule has 0 bridgehead atoms. The van der Waals surface area contributed by atoms with Gasteiger partial charge in [-0.3, -0.25) is 0 Å². The minimum Gasteiger partial charge on any atom is -0.415 e. The van der Waals surface area contributed by atoms with Crippen LogP contribution in [0.5, 0.6) is 0 Å². The van der Waals surface area contributed by atoms with Gasteiger partial charge < -0.3 is 4.43 Å². The van der Waals surface area contributed by atoms with Crippen LogP contribution in [0.3, 0.4) is 0 Å². The van der Waals surface area contributed by atoms with Gasteiger partial charge in [-0.1, -0.05) is 43.1 Å². The molecule has 0 spiro atoms. The third-order valence-corrected chi connectivity index (χ3v) is 6.84. The van der Waals surface area contributed by atoms with E-state index < -0.39 is 13.9 Å². The fourth-order valence-electron chi connectivity index (χ4n) is 2.30. The van der Waals surface area contributed by atoms with Crippen molar-refractivity contribution in [3.63, 3.8) is 0 Å². The van der Waals surface area contributed by atoms with Crippen molar-refractivity contribution in [1.82, 2.24) is 0 Å². The van der Waals surface area contributed by atoms with E-state index in [0.29, 0.717) is 18.4 Å². The van der Waals surface area contributed by atoms with Crippen LogP contribution in [0.25, 0.3) is 0 Å². The quantitative estimate of drug-likeness (QED) is 0.713. The molecule has 0 amide bonds. The molecule has 1 fully saturated rings. The van der Waals surface area contributed by atoms with Gasteiger partial charge >= 0.3 is 0 Å². The predicted octanol–water partition coefficient (Wildman–Crippen LogP) is 4.22. The molecule has 1 saturated carbocycles. The van der Waals surface area contributed by atoms with Gasteiger partial charge in [-0.15, -0.1) is 0 Å². The van der Waals surface area contributed by atoms with Crippen LogP contribution in [0.2, 0.25) is 18.6 Å². The molecule has 104 valence electrons. The Morgan fingerprint density at radius 2 is 1.89 bits per heavy atom. The smallest absolute Gasteiger partial charge is 0.219 e. The Kier molecular flexibility index (Phi) is 5.09. The third kappa shape index (κ3) is 3.74. The van der Waals surface area contributed by atoms with Crippen LogP contribution in [0.4, 0.5) is 0 Å². The van der Waals surface area contributed by atoms with E-state index in [-0.39, 0.29) is 9.91 Å². The molecule has 6 heteroatoms. The number of halogens is 2. The van der Waals surface area contributed by atoms with Crippen molar-refractivity contribution in [3.8, 4) is 12.1 Å². The summed E-state index contributed by atoms with van der Waals surface area (Å²) in [6, 6.07) is 4.04. The first-order valence-electron chi connectivity index (χ1n) is 6.12. The number of nitrogens with zero attached hydrogens (tertiary/aromatic N) is 2. The molecule has 0 aromatic carbocycles. The van der Waals surface area contributed by atoms with Crippen LogP contribution in [0, 0.1) is 39.9 Å². The van der Waals surface area contributed by atoms with E-state index in [1.165, 1.54) is 0 Å². The second-order valence-corrected chi connectivity index (χ2v) is 11.1. The normalized spacial score (nSPS) is 24.5. The van der Waals surface area contributed by atoms with Crippen LogP contribution in [0.1, 0.15) is 13.8 Å². The van der Waals surface area contributed by atoms with E-state index >= 15 is 0 Å². The van der Waals surface area contributed by atoms with Crippen LogP contribution in [-0.4, -0.2) is 14.9 Å². The van der Waals surface area contributed by atoms with Crippen molar-refractivity contribution in [2.24, 2.45) is 17.3 Å². The summed E-state index contributed by atoms with van der Waals surface area (Å²) in [5.74, 6) is 0.634. The van der Waals surface area contributed by atoms with Gasteiger partial charge in [0.25, 0.3) is 0 Å². The zero-order valence-electron chi connectivity index (χ0n) is 11.6. The van der Waals surface area contributed by atoms with E-state index in [0.717, 1.165) is 0 Å². The Morgan fingerprint density at radius 1 is 1.37 bits per heavy atom. The van der Waals surface area contributed by atoms with Crippen molar-refractivity contribution < 1.29 is 4.43 Å². The summed E-state index contributed by atoms with van der Waals surface area (Å²) in [5, 5.41) is 17.9. The molecule has 2 atom stereocenters. The molecule has 0 N–H and O–H groups in total. The highest BCUT2D eigenvalue weighted by Crippen LogP contribution is 2.59. The first kappa shape index (κ1) is 16.5. The van der Waals surface area contributed by atoms with Gasteiger partial charge in [0.1, 0.15) is 10.0 Å². The highest BCUT2D eigenvalue weighted by atomic mass is 35.5. The van der Waals surface area contributed by atoms with Gasteiger partial charge in [-0.05, 0) is 30.3 Å². The SMILES string of the molecule is CC1(C)C(C=C(Cl)Cl)C1CO[Si](C)(C)C(C#N)C#N. The van der Waals surface area contributed by atoms with Crippen molar-refractivity contribution in [1.29, 1.82) is 10.5 Å². The van der Waals surface area contributed by atoms with Gasteiger partial charge in [0.2, 0.25) is 8.32 Å². The predicted molar refractivity (Wildman–Crippen MR) is 79.0 cm³/mol. The third-order valence-electron chi connectivity index (χ3n) is 4.03. The molecular formula is C13H18Cl2N2OSi. The van der Waals surface area contributed by atoms with Gasteiger partial charge in [0, 0.05) is 6.61 Å². The molecule has 1 aliphatic carbocycles. The lowest BCUT2D eigenvalue weighted by atomic mass is 10.1. The largest absolute Gasteiger partial charge is 0.415 e. The summed E-state index contributed by atoms with van der Waals surface area (Å²) >= 11 is 11.4. The molecule has 0 aromatic heterocycles. The second kappa shape index (κ2) is 5.85. The van der Waals surface area contributed by atoms with Crippen LogP contribution >= 0.6 is 23.2 Å². The maximum atomic E-state index is 8.95. The molecule has 1 aliphatic rings. The monoisotopic (exact) mass is 316 g/mol. The fraction of sp³-hybridized carbons (Fsp3) is 0.692. The standard InChI is InChI=1S/C13H18Cl2N2OSi/c1-13(2)10(5-12(14)15)11(13)8-18-19(3,4)9(6-16)7-17/h5,9-11H,8H2,1-4H3. The number of rotatable bonds is 5. The second-order valence-electron chi connectivity index (χ2n) is 6.02. The summed E-state index contributed by atoms with van der Waals surface area (Å²) in [6.07, 6.45) is 1.85. The van der Waals surface area contributed by atoms with E-state index in [9.17, 15) is 0 Å². The molecule has 0 aromatic rings. The number of hydrogen-bond acceptors (Lipinski definition) is 3. The maximum Gasteiger partial charge on any atom is 0.219 e. The summed E-state index contributed by atoms with van der Waals surface area (Å²) in [6.45, 7) is 8.63. The van der Waals surface area contributed by atoms with E-state index in [2.05, 4.69) is 13.8 Å². The highest BCUT2D eigenvalue weighted by molar-refractivity contribution is 6.74. The average Bonchev–Trinajstić information content (AvgIpc) is 2.77. The van der Waals surface area contributed by atoms with Crippen molar-refractivity contribution >= 4 is 31.5 Å². The molecule has 0 heterocycles. The Bertz CT molecular complexity index is 444. The summed E-state index contributed by atoms with van der Waals surface area (Å²) in [5.41, 5.74) is -0.533. The molecule has 0 aliphatic heterocycles. The van der Waals surface area contributed by atoms with Gasteiger partial charge in [-0.25, -0.2) is 0 Å². The van der Waals surface area contributed by atoms with Crippen molar-refractivity contribution in [3.05, 3.63) is 10.6 Å². The Labute approximate surface area is 125 Å². The van der Waals surface area contributed by atoms with E-state index in [1.807, 2.05) is 31.3 Å². The van der Waals surface area contributed by atoms with E-state index in [4.69, 9.17) is 38.2 Å². The number of allylic oxidation sites excluding steroid dienone is 1. The summed E-state index contributed by atoms with van der Waals surface area (Å²) < 4.78 is 6.20. The average molecular weight is 317 g/mol. The van der Waals surface area contributed by atoms with Crippen molar-refractivity contribution in [2.45, 2.75) is 32.5 Å². The van der Waals surface area contributed by atoms with Crippen LogP contribution < -0.4 is 0 Å². The molecule has 0 saturated heterocycles. The lowest BCUT2D eigenvalue weighted by molar-refractivity contribution is 0.268. The lowest BCUT2D eigenvalue weighted by Crippen LogP contribution is -2.36. The minimum atomic E-state index is -2.30. The van der Waals surface area contributed by atoms with Gasteiger partial charge in [0.05, 0.1) is 12.1 Å². The molecular weight excluding hydrogens is 299 g/mol. The summed E-state index contributed by atoms with van der Waals surface area (Å²) in [7, 11) is -2.30. The van der Waals surface area contributed by atoms with Gasteiger partial charge in [0.15, 0.2) is 0 Å². The zero-order valence-corrected chi connectivity index (χ0v) is 14.1. The zero-order chi connectivity index (χ0) is 14.8. The molecule has 3 nitrogen and oxygen atoms in total. The molecule has 1 rings (SSSR count). The number of hydrogen-bond donors (Lipinski definition) is 0. The Balaban J connectivity index is 2.63. The highest BCUT2D eigenvalue weighted by Gasteiger charge is 2.57. The Morgan fingerprint density at radius 3 is 2.32 bits per heavy atom. The molecule has 0 radical (unpaired) electrons. The number of nitriles is 2. The van der Waals surface area contributed by atoms with Crippen LogP contribution in [-0.2, 0) is 4.43 Å². The first-order chi connectivity index (χ1) is 8.66. The first-order valence-corrected chi connectivity index (χ1v) is 9.87. The fourth-order valence-corrected chi connectivity index (χ4v) is 3.97. The van der Waals surface area contributed by atoms with Gasteiger partial charge in [-0.2, -0.15) is 10.5 Å². The maximum absolute atomic E-state index is 8.95. The Hall–Kier alpha value is -0.523. The molecule has 19 heavy (non-hydrogen) atoms. The van der Waals surface area contributed by atoms with Crippen LogP contribution in [0.15, 0.2) is 10.6 Å². The molecule has 2 unspecified atom stereocenters. The van der Waals surface area contributed by atoms with E-state index in [1.54, 1.807) is 0 Å². The van der Waals surface area contributed by atoms with Crippen molar-refractivity contribution in [2.75, 3.05) is 6.61 Å². The lowest BCUT2D eigenvalue weighted by Gasteiger charge is -2.23.